The summed E-state index contributed by atoms with van der Waals surface area (Å²) in [5.74, 6) is -0.772. The fraction of sp³-hybridized carbons (Fsp3) is 0.500. The van der Waals surface area contributed by atoms with Gasteiger partial charge in [0.1, 0.15) is 6.04 Å². The average molecular weight is 233 g/mol. The number of aryl methyl sites for hydroxylation is 1. The van der Waals surface area contributed by atoms with Crippen molar-refractivity contribution < 1.29 is 9.90 Å². The highest BCUT2D eigenvalue weighted by Gasteiger charge is 2.42. The molecule has 92 valence electrons. The molecule has 0 amide bonds. The van der Waals surface area contributed by atoms with Gasteiger partial charge in [0, 0.05) is 5.41 Å². The Balaban J connectivity index is 2.48. The molecule has 2 rings (SSSR count). The molecule has 0 radical (unpaired) electrons. The van der Waals surface area contributed by atoms with E-state index in [0.717, 1.165) is 19.3 Å². The maximum Gasteiger partial charge on any atom is 0.321 e. The van der Waals surface area contributed by atoms with Crippen LogP contribution in [-0.2, 0) is 16.6 Å². The van der Waals surface area contributed by atoms with Gasteiger partial charge in [0.05, 0.1) is 0 Å². The van der Waals surface area contributed by atoms with Crippen molar-refractivity contribution in [2.45, 2.75) is 37.6 Å². The summed E-state index contributed by atoms with van der Waals surface area (Å²) < 4.78 is 0. The standard InChI is InChI=1S/C14H19NO2/c1-14(12(15-2)13(16)17)9-5-7-10-6-3-4-8-11(10)14/h3-4,6,8,12,15H,5,7,9H2,1-2H3,(H,16,17). The molecular weight excluding hydrogens is 214 g/mol. The Bertz CT molecular complexity index is 430. The van der Waals surface area contributed by atoms with Gasteiger partial charge in [0.25, 0.3) is 0 Å². The molecule has 2 N–H and O–H groups in total. The highest BCUT2D eigenvalue weighted by molar-refractivity contribution is 5.76. The summed E-state index contributed by atoms with van der Waals surface area (Å²) in [7, 11) is 1.72. The number of carbonyl (C=O) groups is 1. The van der Waals surface area contributed by atoms with Crippen LogP contribution in [0.25, 0.3) is 0 Å². The van der Waals surface area contributed by atoms with Crippen molar-refractivity contribution in [3.63, 3.8) is 0 Å². The minimum atomic E-state index is -0.772. The first-order valence-corrected chi connectivity index (χ1v) is 6.08. The molecule has 17 heavy (non-hydrogen) atoms. The first kappa shape index (κ1) is 12.1. The van der Waals surface area contributed by atoms with E-state index in [1.807, 2.05) is 12.1 Å². The van der Waals surface area contributed by atoms with Gasteiger partial charge in [-0.05, 0) is 37.4 Å². The predicted octanol–water partition coefficient (Wildman–Crippen LogP) is 1.95. The number of nitrogens with one attached hydrogen (secondary N) is 1. The van der Waals surface area contributed by atoms with Crippen LogP contribution in [0.1, 0.15) is 30.9 Å². The maximum absolute atomic E-state index is 11.4. The van der Waals surface area contributed by atoms with E-state index in [1.54, 1.807) is 7.05 Å². The summed E-state index contributed by atoms with van der Waals surface area (Å²) in [5.41, 5.74) is 2.17. The van der Waals surface area contributed by atoms with Gasteiger partial charge in [-0.2, -0.15) is 0 Å². The van der Waals surface area contributed by atoms with Gasteiger partial charge in [-0.3, -0.25) is 4.79 Å². The van der Waals surface area contributed by atoms with E-state index in [0.29, 0.717) is 0 Å². The minimum Gasteiger partial charge on any atom is -0.480 e. The fourth-order valence-electron chi connectivity index (χ4n) is 3.09. The van der Waals surface area contributed by atoms with Gasteiger partial charge in [-0.1, -0.05) is 31.2 Å². The fourth-order valence-corrected chi connectivity index (χ4v) is 3.09. The van der Waals surface area contributed by atoms with Crippen molar-refractivity contribution in [1.29, 1.82) is 0 Å². The Hall–Kier alpha value is -1.35. The van der Waals surface area contributed by atoms with Crippen LogP contribution < -0.4 is 5.32 Å². The van der Waals surface area contributed by atoms with Crippen molar-refractivity contribution in [3.8, 4) is 0 Å². The Morgan fingerprint density at radius 1 is 1.47 bits per heavy atom. The molecule has 3 nitrogen and oxygen atoms in total. The number of benzene rings is 1. The Kier molecular flexibility index (Phi) is 3.20. The largest absolute Gasteiger partial charge is 0.480 e. The molecule has 0 fully saturated rings. The van der Waals surface area contributed by atoms with Crippen LogP contribution in [0.2, 0.25) is 0 Å². The SMILES string of the molecule is CNC(C(=O)O)C1(C)CCCc2ccccc21. The topological polar surface area (TPSA) is 49.3 Å². The molecular formula is C14H19NO2. The van der Waals surface area contributed by atoms with E-state index in [1.165, 1.54) is 11.1 Å². The molecule has 0 heterocycles. The Labute approximate surface area is 102 Å². The van der Waals surface area contributed by atoms with Crippen LogP contribution in [0.4, 0.5) is 0 Å². The third kappa shape index (κ3) is 1.95. The van der Waals surface area contributed by atoms with Gasteiger partial charge in [0.15, 0.2) is 0 Å². The normalized spacial score (nSPS) is 25.1. The summed E-state index contributed by atoms with van der Waals surface area (Å²) in [6, 6.07) is 7.68. The summed E-state index contributed by atoms with van der Waals surface area (Å²) in [4.78, 5) is 11.4. The quantitative estimate of drug-likeness (QED) is 0.839. The van der Waals surface area contributed by atoms with E-state index < -0.39 is 12.0 Å². The molecule has 1 aliphatic rings. The molecule has 2 unspecified atom stereocenters. The molecule has 0 bridgehead atoms. The van der Waals surface area contributed by atoms with Gasteiger partial charge in [-0.25, -0.2) is 0 Å². The first-order valence-electron chi connectivity index (χ1n) is 6.08. The summed E-state index contributed by atoms with van der Waals surface area (Å²) in [5, 5.41) is 12.3. The van der Waals surface area contributed by atoms with Gasteiger partial charge < -0.3 is 10.4 Å². The number of aliphatic carboxylic acids is 1. The van der Waals surface area contributed by atoms with Crippen molar-refractivity contribution in [3.05, 3.63) is 35.4 Å². The van der Waals surface area contributed by atoms with Crippen molar-refractivity contribution in [2.75, 3.05) is 7.05 Å². The van der Waals surface area contributed by atoms with E-state index >= 15 is 0 Å². The van der Waals surface area contributed by atoms with Crippen LogP contribution in [0, 0.1) is 0 Å². The van der Waals surface area contributed by atoms with Crippen LogP contribution in [0.15, 0.2) is 24.3 Å². The number of rotatable bonds is 3. The molecule has 0 spiro atoms. The molecule has 3 heteroatoms. The van der Waals surface area contributed by atoms with Crippen molar-refractivity contribution >= 4 is 5.97 Å². The highest BCUT2D eigenvalue weighted by Crippen LogP contribution is 2.39. The molecule has 1 aromatic carbocycles. The number of carboxylic acid groups (broad SMARTS) is 1. The summed E-state index contributed by atoms with van der Waals surface area (Å²) in [6.07, 6.45) is 3.03. The van der Waals surface area contributed by atoms with Crippen molar-refractivity contribution in [2.24, 2.45) is 0 Å². The lowest BCUT2D eigenvalue weighted by Crippen LogP contribution is -2.51. The first-order chi connectivity index (χ1) is 8.09. The molecule has 1 aromatic rings. The van der Waals surface area contributed by atoms with E-state index in [-0.39, 0.29) is 5.41 Å². The molecule has 0 aliphatic heterocycles. The van der Waals surface area contributed by atoms with Crippen LogP contribution in [0.5, 0.6) is 0 Å². The van der Waals surface area contributed by atoms with Crippen LogP contribution >= 0.6 is 0 Å². The van der Waals surface area contributed by atoms with Crippen LogP contribution in [0.3, 0.4) is 0 Å². The smallest absolute Gasteiger partial charge is 0.321 e. The van der Waals surface area contributed by atoms with E-state index in [9.17, 15) is 9.90 Å². The van der Waals surface area contributed by atoms with Crippen molar-refractivity contribution in [1.82, 2.24) is 5.32 Å². The molecule has 0 aromatic heterocycles. The molecule has 0 saturated carbocycles. The second-order valence-electron chi connectivity index (χ2n) is 4.99. The van der Waals surface area contributed by atoms with Gasteiger partial charge >= 0.3 is 5.97 Å². The third-order valence-electron chi connectivity index (χ3n) is 3.95. The predicted molar refractivity (Wildman–Crippen MR) is 67.2 cm³/mol. The number of fused-ring (bicyclic) bond motifs is 1. The van der Waals surface area contributed by atoms with Gasteiger partial charge in [0.2, 0.25) is 0 Å². The van der Waals surface area contributed by atoms with E-state index in [4.69, 9.17) is 0 Å². The Morgan fingerprint density at radius 3 is 2.82 bits per heavy atom. The third-order valence-corrected chi connectivity index (χ3v) is 3.95. The zero-order valence-electron chi connectivity index (χ0n) is 10.4. The number of hydrogen-bond acceptors (Lipinski definition) is 2. The highest BCUT2D eigenvalue weighted by atomic mass is 16.4. The zero-order chi connectivity index (χ0) is 12.5. The molecule has 1 aliphatic carbocycles. The zero-order valence-corrected chi connectivity index (χ0v) is 10.4. The number of carboxylic acids is 1. The van der Waals surface area contributed by atoms with E-state index in [2.05, 4.69) is 24.4 Å². The average Bonchev–Trinajstić information content (AvgIpc) is 2.30. The Morgan fingerprint density at radius 2 is 2.18 bits per heavy atom. The second kappa shape index (κ2) is 4.49. The minimum absolute atomic E-state index is 0.310. The monoisotopic (exact) mass is 233 g/mol. The number of likely N-dealkylation sites (N-methyl/N-ethyl adjacent to an activating group) is 1. The summed E-state index contributed by atoms with van der Waals surface area (Å²) in [6.45, 7) is 2.06. The number of hydrogen-bond donors (Lipinski definition) is 2. The van der Waals surface area contributed by atoms with Gasteiger partial charge in [-0.15, -0.1) is 0 Å². The molecule has 0 saturated heterocycles. The summed E-state index contributed by atoms with van der Waals surface area (Å²) >= 11 is 0. The lowest BCUT2D eigenvalue weighted by molar-refractivity contribution is -0.141. The second-order valence-corrected chi connectivity index (χ2v) is 4.99. The lowest BCUT2D eigenvalue weighted by Gasteiger charge is -2.40. The lowest BCUT2D eigenvalue weighted by atomic mass is 9.67. The molecule has 2 atom stereocenters. The maximum atomic E-state index is 11.4. The van der Waals surface area contributed by atoms with Crippen LogP contribution in [-0.4, -0.2) is 24.2 Å².